The summed E-state index contributed by atoms with van der Waals surface area (Å²) < 4.78 is 13.0. The van der Waals surface area contributed by atoms with Gasteiger partial charge in [0.25, 0.3) is 5.91 Å². The van der Waals surface area contributed by atoms with Gasteiger partial charge in [-0.2, -0.15) is 5.01 Å². The predicted molar refractivity (Wildman–Crippen MR) is 170 cm³/mol. The highest BCUT2D eigenvalue weighted by Gasteiger charge is 2.55. The van der Waals surface area contributed by atoms with Crippen LogP contribution in [0, 0.1) is 23.2 Å². The van der Waals surface area contributed by atoms with Crippen LogP contribution in [0.25, 0.3) is 6.08 Å². The molecule has 1 aliphatic heterocycles. The van der Waals surface area contributed by atoms with Crippen molar-refractivity contribution >= 4 is 85.3 Å². The van der Waals surface area contributed by atoms with E-state index in [2.05, 4.69) is 21.4 Å². The molecule has 7 rings (SSSR count). The summed E-state index contributed by atoms with van der Waals surface area (Å²) in [5.74, 6) is 2.57. The highest BCUT2D eigenvalue weighted by molar-refractivity contribution is 9.10. The molecule has 1 heterocycles. The van der Waals surface area contributed by atoms with Gasteiger partial charge in [-0.25, -0.2) is 0 Å². The highest BCUT2D eigenvalue weighted by atomic mass is 79.9. The summed E-state index contributed by atoms with van der Waals surface area (Å²) in [4.78, 5) is 27.4. The number of nitrogens with zero attached hydrogens (tertiary/aromatic N) is 1. The Morgan fingerprint density at radius 2 is 1.80 bits per heavy atom. The first-order valence-electron chi connectivity index (χ1n) is 13.8. The Kier molecular flexibility index (Phi) is 8.37. The number of ether oxygens (including phenoxy) is 2. The van der Waals surface area contributed by atoms with E-state index < -0.39 is 0 Å². The maximum atomic E-state index is 13.6. The van der Waals surface area contributed by atoms with Gasteiger partial charge in [-0.15, -0.1) is 0 Å². The Morgan fingerprint density at radius 3 is 2.44 bits per heavy atom. The Balaban J connectivity index is 1.18. The first-order chi connectivity index (χ1) is 19.6. The molecule has 6 nitrogen and oxygen atoms in total. The zero-order valence-corrected chi connectivity index (χ0v) is 27.1. The minimum Gasteiger partial charge on any atom is -0.490 e. The fraction of sp³-hybridized carbons (Fsp3) is 0.433. The molecule has 0 spiro atoms. The van der Waals surface area contributed by atoms with E-state index in [0.717, 1.165) is 30.4 Å². The van der Waals surface area contributed by atoms with Crippen LogP contribution in [0.5, 0.6) is 11.5 Å². The summed E-state index contributed by atoms with van der Waals surface area (Å²) in [6.45, 7) is 2.58. The third kappa shape index (κ3) is 5.90. The number of rotatable bonds is 8. The predicted octanol–water partition coefficient (Wildman–Crippen LogP) is 8.18. The van der Waals surface area contributed by atoms with Crippen molar-refractivity contribution < 1.29 is 19.1 Å². The summed E-state index contributed by atoms with van der Waals surface area (Å²) in [5.41, 5.74) is 4.13. The summed E-state index contributed by atoms with van der Waals surface area (Å²) in [7, 11) is 0. The molecule has 5 fully saturated rings. The molecule has 4 saturated carbocycles. The van der Waals surface area contributed by atoms with Crippen LogP contribution >= 0.6 is 63.1 Å². The van der Waals surface area contributed by atoms with Crippen LogP contribution in [-0.2, 0) is 16.2 Å². The number of hydrazine groups is 1. The van der Waals surface area contributed by atoms with Crippen LogP contribution in [0.3, 0.4) is 0 Å². The summed E-state index contributed by atoms with van der Waals surface area (Å²) in [5, 5.41) is 2.19. The molecule has 4 aliphatic carbocycles. The number of nitrogens with one attached hydrogen (secondary N) is 1. The van der Waals surface area contributed by atoms with Gasteiger partial charge in [0.15, 0.2) is 15.8 Å². The largest absolute Gasteiger partial charge is 0.490 e. The number of hydrogen-bond acceptors (Lipinski definition) is 6. The van der Waals surface area contributed by atoms with Gasteiger partial charge in [-0.3, -0.25) is 15.0 Å². The van der Waals surface area contributed by atoms with Crippen LogP contribution in [0.1, 0.15) is 56.6 Å². The van der Waals surface area contributed by atoms with Gasteiger partial charge in [-0.1, -0.05) is 41.0 Å². The number of thioether (sulfide) groups is 1. The van der Waals surface area contributed by atoms with Gasteiger partial charge in [-0.05, 0) is 133 Å². The maximum Gasteiger partial charge on any atom is 0.285 e. The fourth-order valence-electron chi connectivity index (χ4n) is 7.18. The second-order valence-corrected chi connectivity index (χ2v) is 14.8. The molecule has 0 atom stereocenters. The molecule has 41 heavy (non-hydrogen) atoms. The van der Waals surface area contributed by atoms with E-state index in [1.54, 1.807) is 18.2 Å². The van der Waals surface area contributed by atoms with Crippen molar-refractivity contribution in [2.75, 3.05) is 6.61 Å². The monoisotopic (exact) mass is 694 g/mol. The number of carbonyl (C=O) groups excluding carboxylic acids is 2. The van der Waals surface area contributed by atoms with Gasteiger partial charge < -0.3 is 9.47 Å². The van der Waals surface area contributed by atoms with Crippen molar-refractivity contribution in [2.24, 2.45) is 23.2 Å². The zero-order valence-electron chi connectivity index (χ0n) is 22.4. The van der Waals surface area contributed by atoms with E-state index in [9.17, 15) is 9.59 Å². The Morgan fingerprint density at radius 1 is 1.12 bits per heavy atom. The molecule has 0 unspecified atom stereocenters. The number of halogens is 3. The number of hydrogen-bond donors (Lipinski definition) is 1. The Hall–Kier alpha value is -1.78. The van der Waals surface area contributed by atoms with E-state index in [-0.39, 0.29) is 23.8 Å². The molecule has 216 valence electrons. The van der Waals surface area contributed by atoms with E-state index in [1.165, 1.54) is 36.0 Å². The van der Waals surface area contributed by atoms with Crippen LogP contribution in [-0.4, -0.2) is 27.8 Å². The molecule has 0 aromatic heterocycles. The number of amides is 2. The first kappa shape index (κ1) is 29.3. The molecular weight excluding hydrogens is 667 g/mol. The van der Waals surface area contributed by atoms with Crippen molar-refractivity contribution in [3.63, 3.8) is 0 Å². The molecule has 1 N–H and O–H groups in total. The molecule has 0 radical (unpaired) electrons. The van der Waals surface area contributed by atoms with Crippen molar-refractivity contribution in [3.8, 4) is 11.5 Å². The quantitative estimate of drug-likeness (QED) is 0.222. The van der Waals surface area contributed by atoms with E-state index in [4.69, 9.17) is 44.9 Å². The Bertz CT molecular complexity index is 1430. The minimum absolute atomic E-state index is 0.0565. The average molecular weight is 697 g/mol. The van der Waals surface area contributed by atoms with Gasteiger partial charge >= 0.3 is 0 Å². The summed E-state index contributed by atoms with van der Waals surface area (Å²) >= 11 is 22.5. The smallest absolute Gasteiger partial charge is 0.285 e. The summed E-state index contributed by atoms with van der Waals surface area (Å²) in [6.07, 6.45) is 8.25. The molecule has 11 heteroatoms. The summed E-state index contributed by atoms with van der Waals surface area (Å²) in [6, 6.07) is 9.01. The fourth-order valence-corrected chi connectivity index (χ4v) is 9.26. The van der Waals surface area contributed by atoms with Crippen LogP contribution in [0.15, 0.2) is 39.7 Å². The first-order valence-corrected chi connectivity index (χ1v) is 16.5. The number of thiocarbonyl (C=S) groups is 1. The zero-order chi connectivity index (χ0) is 28.9. The van der Waals surface area contributed by atoms with E-state index in [0.29, 0.717) is 59.6 Å². The number of benzene rings is 2. The second kappa shape index (κ2) is 11.7. The topological polar surface area (TPSA) is 67.9 Å². The normalized spacial score (nSPS) is 27.6. The Labute approximate surface area is 267 Å². The molecule has 5 aliphatic rings. The van der Waals surface area contributed by atoms with E-state index in [1.807, 2.05) is 25.1 Å². The molecule has 2 amide bonds. The maximum absolute atomic E-state index is 13.6. The van der Waals surface area contributed by atoms with Crippen LogP contribution < -0.4 is 14.9 Å². The molecular formula is C30H29BrCl2N2O4S2. The van der Waals surface area contributed by atoms with Gasteiger partial charge in [0.1, 0.15) is 6.61 Å². The van der Waals surface area contributed by atoms with Gasteiger partial charge in [0.05, 0.1) is 31.4 Å². The lowest BCUT2D eigenvalue weighted by atomic mass is 9.49. The van der Waals surface area contributed by atoms with Crippen molar-refractivity contribution in [1.29, 1.82) is 0 Å². The molecule has 2 aromatic carbocycles. The third-order valence-corrected chi connectivity index (χ3v) is 11.2. The SMILES string of the molecule is CCOc1cc(/C=C2/SC(=S)N(NC(=O)C34CC5CC(CC(C5)C3)C4)C2=O)cc(Br)c1OCc1ccc(Cl)c(Cl)c1. The molecule has 1 saturated heterocycles. The third-order valence-electron chi connectivity index (χ3n) is 8.52. The van der Waals surface area contributed by atoms with Gasteiger partial charge in [0, 0.05) is 0 Å². The lowest BCUT2D eigenvalue weighted by molar-refractivity contribution is -0.152. The average Bonchev–Trinajstić information content (AvgIpc) is 3.16. The van der Waals surface area contributed by atoms with Crippen molar-refractivity contribution in [1.82, 2.24) is 10.4 Å². The second-order valence-electron chi connectivity index (χ2n) is 11.5. The van der Waals surface area contributed by atoms with Gasteiger partial charge in [0.2, 0.25) is 5.91 Å². The molecule has 2 aromatic rings. The lowest BCUT2D eigenvalue weighted by Crippen LogP contribution is -2.57. The van der Waals surface area contributed by atoms with E-state index >= 15 is 0 Å². The minimum atomic E-state index is -0.369. The highest BCUT2D eigenvalue weighted by Crippen LogP contribution is 2.60. The van der Waals surface area contributed by atoms with Crippen LogP contribution in [0.4, 0.5) is 0 Å². The standard InChI is InChI=1S/C30H29BrCl2N2O4S2/c1-2-38-24-10-17(8-21(31)26(24)39-15-16-3-4-22(32)23(33)9-16)11-25-27(36)35(29(40)41-25)34-28(37)30-12-18-5-19(13-30)7-20(6-18)14-30/h3-4,8-11,18-20H,2,5-7,12-15H2,1H3,(H,34,37)/b25-11+. The lowest BCUT2D eigenvalue weighted by Gasteiger charge is -2.55. The molecule has 4 bridgehead atoms. The van der Waals surface area contributed by atoms with Crippen LogP contribution in [0.2, 0.25) is 10.0 Å². The van der Waals surface area contributed by atoms with Crippen molar-refractivity contribution in [3.05, 3.63) is 60.9 Å². The van der Waals surface area contributed by atoms with Crippen molar-refractivity contribution in [2.45, 2.75) is 52.1 Å². The number of carbonyl (C=O) groups is 2.